The van der Waals surface area contributed by atoms with Gasteiger partial charge in [0, 0.05) is 98.7 Å². The Bertz CT molecular complexity index is 3250. The van der Waals surface area contributed by atoms with Gasteiger partial charge < -0.3 is 34.1 Å². The number of likely N-dealkylation sites (tertiary alicyclic amines) is 1. The average Bonchev–Trinajstić information content (AvgIpc) is 3.77. The van der Waals surface area contributed by atoms with E-state index < -0.39 is 14.6 Å². The first-order chi connectivity index (χ1) is 33.5. The highest BCUT2D eigenvalue weighted by molar-refractivity contribution is 7.94. The van der Waals surface area contributed by atoms with Gasteiger partial charge in [-0.1, -0.05) is 36.4 Å². The van der Waals surface area contributed by atoms with Gasteiger partial charge in [0.2, 0.25) is 5.91 Å². The number of rotatable bonds is 11. The third-order valence-corrected chi connectivity index (χ3v) is 17.9. The topological polar surface area (TPSA) is 170 Å². The van der Waals surface area contributed by atoms with Crippen LogP contribution in [0, 0.1) is 25.2 Å². The number of nitriles is 1. The highest BCUT2D eigenvalue weighted by Crippen LogP contribution is 2.45. The van der Waals surface area contributed by atoms with Crippen molar-refractivity contribution in [3.05, 3.63) is 147 Å². The van der Waals surface area contributed by atoms with E-state index in [2.05, 4.69) is 41.4 Å². The van der Waals surface area contributed by atoms with Crippen LogP contribution in [0.2, 0.25) is 0 Å². The normalized spacial score (nSPS) is 17.7. The SMILES string of the molecule is Cc1c(-c2c(C(=O)Nc3ccc(O)cc3)c(C)n(C)c2-c2cc3c(cc2C(=O)N2Cc4ccccc4C[C@H]2C)CN(C(=O)Cc2ccc(OCCN4CC5(CCS5(=O)=O)C4)cc2)CC3)cc(C#N)n1C. The molecule has 4 aromatic carbocycles. The monoisotopic (exact) mass is 959 g/mol. The van der Waals surface area contributed by atoms with Crippen molar-refractivity contribution in [2.45, 2.75) is 70.3 Å². The van der Waals surface area contributed by atoms with Crippen LogP contribution in [0.5, 0.6) is 11.5 Å². The lowest BCUT2D eigenvalue weighted by Crippen LogP contribution is -2.71. The van der Waals surface area contributed by atoms with Crippen LogP contribution < -0.4 is 10.1 Å². The molecule has 2 saturated heterocycles. The summed E-state index contributed by atoms with van der Waals surface area (Å²) in [6, 6.07) is 30.0. The van der Waals surface area contributed by atoms with Gasteiger partial charge >= 0.3 is 0 Å². The van der Waals surface area contributed by atoms with Gasteiger partial charge in [-0.15, -0.1) is 0 Å². The molecule has 2 fully saturated rings. The minimum Gasteiger partial charge on any atom is -0.508 e. The smallest absolute Gasteiger partial charge is 0.258 e. The zero-order valence-electron chi connectivity index (χ0n) is 40.2. The number of phenols is 1. The lowest BCUT2D eigenvalue weighted by molar-refractivity contribution is -0.131. The summed E-state index contributed by atoms with van der Waals surface area (Å²) in [4.78, 5) is 50.0. The van der Waals surface area contributed by atoms with Crippen LogP contribution in [-0.2, 0) is 61.1 Å². The highest BCUT2D eigenvalue weighted by Gasteiger charge is 2.59. The molecule has 3 amide bonds. The summed E-state index contributed by atoms with van der Waals surface area (Å²) >= 11 is 0. The summed E-state index contributed by atoms with van der Waals surface area (Å²) in [6.07, 6.45) is 2.18. The standard InChI is InChI=1S/C55H57N7O7S/c1-34-24-38-8-6-7-9-40(38)31-62(34)54(66)48-27-41-30-61(49(64)25-37-10-16-45(17-11-37)69-22-21-60-32-55(33-60)19-23-70(55,67)68)20-18-39(41)26-47(48)52-51(46-28-43(29-56)58(4)35(46)2)50(36(3)59(52)5)53(65)57-42-12-14-44(63)15-13-42/h6-17,26-28,34,63H,18-25,30-33H2,1-5H3,(H,57,65)/t34-/m1/s1. The molecule has 15 heteroatoms. The molecule has 4 aliphatic rings. The average molecular weight is 960 g/mol. The van der Waals surface area contributed by atoms with Gasteiger partial charge in [0.15, 0.2) is 9.84 Å². The van der Waals surface area contributed by atoms with E-state index in [9.17, 15) is 28.4 Å². The molecule has 2 aromatic heterocycles. The van der Waals surface area contributed by atoms with E-state index in [1.54, 1.807) is 22.8 Å². The number of fused-ring (bicyclic) bond motifs is 2. The van der Waals surface area contributed by atoms with Gasteiger partial charge in [-0.25, -0.2) is 8.42 Å². The summed E-state index contributed by atoms with van der Waals surface area (Å²) in [5.74, 6) is 0.474. The van der Waals surface area contributed by atoms with E-state index in [0.29, 0.717) is 121 Å². The van der Waals surface area contributed by atoms with Crippen molar-refractivity contribution >= 4 is 33.2 Å². The van der Waals surface area contributed by atoms with Crippen LogP contribution in [0.3, 0.4) is 0 Å². The van der Waals surface area contributed by atoms with Crippen molar-refractivity contribution in [3.8, 4) is 40.0 Å². The Kier molecular flexibility index (Phi) is 12.0. The van der Waals surface area contributed by atoms with Crippen LogP contribution in [0.4, 0.5) is 5.69 Å². The maximum atomic E-state index is 15.4. The van der Waals surface area contributed by atoms with Crippen LogP contribution in [0.1, 0.15) is 79.0 Å². The summed E-state index contributed by atoms with van der Waals surface area (Å²) < 4.78 is 33.5. The van der Waals surface area contributed by atoms with Gasteiger partial charge in [-0.2, -0.15) is 5.26 Å². The Balaban J connectivity index is 0.968. The Morgan fingerprint density at radius 3 is 2.27 bits per heavy atom. The first-order valence-electron chi connectivity index (χ1n) is 23.9. The van der Waals surface area contributed by atoms with Crippen LogP contribution in [0.25, 0.3) is 22.4 Å². The number of phenolic OH excluding ortho intramolecular Hbond substituents is 1. The van der Waals surface area contributed by atoms with Crippen molar-refractivity contribution < 1.29 is 32.6 Å². The molecule has 0 aliphatic carbocycles. The molecule has 6 aromatic rings. The van der Waals surface area contributed by atoms with Crippen molar-refractivity contribution in [2.24, 2.45) is 14.1 Å². The minimum atomic E-state index is -2.95. The van der Waals surface area contributed by atoms with E-state index in [1.807, 2.05) is 84.8 Å². The maximum absolute atomic E-state index is 15.4. The summed E-state index contributed by atoms with van der Waals surface area (Å²) in [5.41, 5.74) is 10.8. The Morgan fingerprint density at radius 1 is 0.871 bits per heavy atom. The number of hydrogen-bond acceptors (Lipinski definition) is 9. The molecule has 14 nitrogen and oxygen atoms in total. The molecule has 4 aliphatic heterocycles. The fraction of sp³-hybridized carbons (Fsp3) is 0.345. The third kappa shape index (κ3) is 8.22. The van der Waals surface area contributed by atoms with E-state index in [1.165, 1.54) is 17.7 Å². The fourth-order valence-electron chi connectivity index (χ4n) is 10.9. The minimum absolute atomic E-state index is 0.0346. The first kappa shape index (κ1) is 46.6. The van der Waals surface area contributed by atoms with Gasteiger partial charge in [0.25, 0.3) is 11.8 Å². The number of aromatic nitrogens is 2. The van der Waals surface area contributed by atoms with Gasteiger partial charge in [-0.3, -0.25) is 19.3 Å². The molecule has 0 bridgehead atoms. The number of aromatic hydroxyl groups is 1. The van der Waals surface area contributed by atoms with E-state index >= 15 is 4.79 Å². The fourth-order valence-corrected chi connectivity index (χ4v) is 12.8. The number of carbonyl (C=O) groups excluding carboxylic acids is 3. The zero-order valence-corrected chi connectivity index (χ0v) is 41.0. The first-order valence-corrected chi connectivity index (χ1v) is 25.5. The second-order valence-corrected chi connectivity index (χ2v) is 22.1. The molecular weight excluding hydrogens is 903 g/mol. The predicted molar refractivity (Wildman–Crippen MR) is 267 cm³/mol. The second kappa shape index (κ2) is 18.0. The highest BCUT2D eigenvalue weighted by atomic mass is 32.2. The molecule has 0 unspecified atom stereocenters. The van der Waals surface area contributed by atoms with Gasteiger partial charge in [-0.05, 0) is 122 Å². The Hall–Kier alpha value is -7.15. The van der Waals surface area contributed by atoms with Crippen molar-refractivity contribution in [1.29, 1.82) is 5.26 Å². The molecule has 0 saturated carbocycles. The molecular formula is C55H57N7O7S. The number of ether oxygens (including phenoxy) is 1. The molecule has 2 N–H and O–H groups in total. The number of sulfone groups is 1. The number of nitrogens with zero attached hydrogens (tertiary/aromatic N) is 6. The van der Waals surface area contributed by atoms with E-state index in [-0.39, 0.29) is 35.9 Å². The quantitative estimate of drug-likeness (QED) is 0.129. The molecule has 6 heterocycles. The van der Waals surface area contributed by atoms with Gasteiger partial charge in [0.05, 0.1) is 28.2 Å². The Labute approximate surface area is 408 Å². The molecule has 10 rings (SSSR count). The number of hydrogen-bond donors (Lipinski definition) is 2. The largest absolute Gasteiger partial charge is 0.508 e. The number of carbonyl (C=O) groups is 3. The third-order valence-electron chi connectivity index (χ3n) is 15.4. The molecule has 70 heavy (non-hydrogen) atoms. The lowest BCUT2D eigenvalue weighted by Gasteiger charge is -2.54. The van der Waals surface area contributed by atoms with E-state index in [4.69, 9.17) is 4.74 Å². The van der Waals surface area contributed by atoms with Crippen LogP contribution in [0.15, 0.2) is 91.0 Å². The summed E-state index contributed by atoms with van der Waals surface area (Å²) in [7, 11) is 0.774. The zero-order chi connectivity index (χ0) is 49.2. The van der Waals surface area contributed by atoms with Crippen LogP contribution >= 0.6 is 0 Å². The molecule has 0 radical (unpaired) electrons. The summed E-state index contributed by atoms with van der Waals surface area (Å²) in [5, 5.41) is 23.2. The lowest BCUT2D eigenvalue weighted by atomic mass is 9.87. The molecule has 360 valence electrons. The van der Waals surface area contributed by atoms with Crippen molar-refractivity contribution in [2.75, 3.05) is 43.9 Å². The number of benzene rings is 4. The molecule has 1 spiro atoms. The number of anilines is 1. The second-order valence-electron chi connectivity index (χ2n) is 19.6. The van der Waals surface area contributed by atoms with E-state index in [0.717, 1.165) is 34.4 Å². The Morgan fingerprint density at radius 2 is 1.60 bits per heavy atom. The van der Waals surface area contributed by atoms with Crippen molar-refractivity contribution in [1.82, 2.24) is 23.8 Å². The predicted octanol–water partition coefficient (Wildman–Crippen LogP) is 7.11. The number of nitrogens with one attached hydrogen (secondary N) is 1. The van der Waals surface area contributed by atoms with Crippen LogP contribution in [-0.4, -0.2) is 104 Å². The molecule has 1 atom stereocenters. The maximum Gasteiger partial charge on any atom is 0.258 e. The summed E-state index contributed by atoms with van der Waals surface area (Å²) in [6.45, 7) is 9.31. The van der Waals surface area contributed by atoms with Gasteiger partial charge in [0.1, 0.15) is 29.9 Å². The van der Waals surface area contributed by atoms with Crippen molar-refractivity contribution in [3.63, 3.8) is 0 Å². The number of amides is 3.